The van der Waals surface area contributed by atoms with Crippen molar-refractivity contribution in [2.24, 2.45) is 0 Å². The van der Waals surface area contributed by atoms with Crippen molar-refractivity contribution in [1.82, 2.24) is 0 Å². The molecule has 4 nitrogen and oxygen atoms in total. The molecule has 2 aromatic rings. The Kier molecular flexibility index (Phi) is 5.27. The van der Waals surface area contributed by atoms with Crippen molar-refractivity contribution in [3.8, 4) is 11.5 Å². The third-order valence-corrected chi connectivity index (χ3v) is 3.87. The molecule has 23 heavy (non-hydrogen) atoms. The number of aryl methyl sites for hydroxylation is 2. The summed E-state index contributed by atoms with van der Waals surface area (Å²) >= 11 is 0. The van der Waals surface area contributed by atoms with Gasteiger partial charge < -0.3 is 14.9 Å². The summed E-state index contributed by atoms with van der Waals surface area (Å²) in [6.07, 6.45) is 0.347. The molecule has 0 aliphatic carbocycles. The molecule has 0 heterocycles. The van der Waals surface area contributed by atoms with Crippen LogP contribution in [0.3, 0.4) is 0 Å². The summed E-state index contributed by atoms with van der Waals surface area (Å²) in [7, 11) is 0. The summed E-state index contributed by atoms with van der Waals surface area (Å²) in [6.45, 7) is 6.15. The van der Waals surface area contributed by atoms with Crippen molar-refractivity contribution in [3.05, 3.63) is 58.7 Å². The number of rotatable bonds is 6. The van der Waals surface area contributed by atoms with Crippen LogP contribution in [0.1, 0.15) is 35.1 Å². The van der Waals surface area contributed by atoms with Gasteiger partial charge in [0.1, 0.15) is 0 Å². The lowest BCUT2D eigenvalue weighted by Gasteiger charge is -2.17. The summed E-state index contributed by atoms with van der Waals surface area (Å²) in [4.78, 5) is 11.8. The highest BCUT2D eigenvalue weighted by Crippen LogP contribution is 2.31. The minimum absolute atomic E-state index is 0.0641. The quantitative estimate of drug-likeness (QED) is 0.850. The Balaban J connectivity index is 2.35. The molecular weight excluding hydrogens is 292 g/mol. The van der Waals surface area contributed by atoms with E-state index in [0.29, 0.717) is 18.8 Å². The van der Waals surface area contributed by atoms with E-state index in [9.17, 15) is 15.0 Å². The van der Waals surface area contributed by atoms with Gasteiger partial charge in [0, 0.05) is 0 Å². The number of ether oxygens (including phenoxy) is 1. The van der Waals surface area contributed by atoms with Crippen molar-refractivity contribution in [1.29, 1.82) is 0 Å². The first-order chi connectivity index (χ1) is 10.9. The predicted octanol–water partition coefficient (Wildman–Crippen LogP) is 3.82. The third kappa shape index (κ3) is 4.03. The van der Waals surface area contributed by atoms with Gasteiger partial charge in [-0.25, -0.2) is 0 Å². The van der Waals surface area contributed by atoms with E-state index in [1.54, 1.807) is 18.2 Å². The van der Waals surface area contributed by atoms with Gasteiger partial charge >= 0.3 is 5.97 Å². The summed E-state index contributed by atoms with van der Waals surface area (Å²) in [5, 5.41) is 19.4. The topological polar surface area (TPSA) is 66.8 Å². The Morgan fingerprint density at radius 1 is 1.17 bits per heavy atom. The third-order valence-electron chi connectivity index (χ3n) is 3.87. The van der Waals surface area contributed by atoms with Gasteiger partial charge in [0.25, 0.3) is 0 Å². The van der Waals surface area contributed by atoms with Gasteiger partial charge in [0.2, 0.25) is 0 Å². The second-order valence-electron chi connectivity index (χ2n) is 5.69. The van der Waals surface area contributed by atoms with Crippen LogP contribution in [0.4, 0.5) is 0 Å². The average Bonchev–Trinajstić information content (AvgIpc) is 2.50. The molecule has 1 atom stereocenters. The van der Waals surface area contributed by atoms with Gasteiger partial charge in [-0.3, -0.25) is 4.79 Å². The molecule has 0 spiro atoms. The zero-order valence-corrected chi connectivity index (χ0v) is 13.7. The van der Waals surface area contributed by atoms with Crippen LogP contribution >= 0.6 is 0 Å². The molecule has 0 saturated heterocycles. The van der Waals surface area contributed by atoms with Crippen LogP contribution in [-0.4, -0.2) is 22.8 Å². The van der Waals surface area contributed by atoms with Gasteiger partial charge in [-0.15, -0.1) is 0 Å². The van der Waals surface area contributed by atoms with Crippen molar-refractivity contribution in [3.63, 3.8) is 0 Å². The predicted molar refractivity (Wildman–Crippen MR) is 89.3 cm³/mol. The molecule has 0 radical (unpaired) electrons. The number of carbonyl (C=O) groups is 1. The molecule has 2 N–H and O–H groups in total. The van der Waals surface area contributed by atoms with Gasteiger partial charge in [-0.2, -0.15) is 0 Å². The molecule has 122 valence electrons. The molecule has 0 saturated carbocycles. The molecule has 0 fully saturated rings. The van der Waals surface area contributed by atoms with Crippen LogP contribution in [0.5, 0.6) is 11.5 Å². The van der Waals surface area contributed by atoms with E-state index in [0.717, 1.165) is 22.3 Å². The van der Waals surface area contributed by atoms with Crippen LogP contribution in [0.25, 0.3) is 0 Å². The second-order valence-corrected chi connectivity index (χ2v) is 5.69. The molecule has 0 aliphatic heterocycles. The number of aliphatic carboxylic acids is 1. The van der Waals surface area contributed by atoms with Crippen LogP contribution in [0, 0.1) is 13.8 Å². The zero-order chi connectivity index (χ0) is 17.0. The van der Waals surface area contributed by atoms with Crippen molar-refractivity contribution >= 4 is 5.97 Å². The molecule has 1 unspecified atom stereocenters. The lowest BCUT2D eigenvalue weighted by molar-refractivity contribution is -0.138. The number of hydrogen-bond donors (Lipinski definition) is 2. The average molecular weight is 314 g/mol. The molecular formula is C19H22O4. The maximum Gasteiger partial charge on any atom is 0.311 e. The van der Waals surface area contributed by atoms with E-state index in [4.69, 9.17) is 4.74 Å². The summed E-state index contributed by atoms with van der Waals surface area (Å²) < 4.78 is 5.37. The number of carboxylic acid groups (broad SMARTS) is 1. The largest absolute Gasteiger partial charge is 0.504 e. The number of hydrogen-bond acceptors (Lipinski definition) is 3. The minimum atomic E-state index is -0.857. The van der Waals surface area contributed by atoms with Gasteiger partial charge in [0.15, 0.2) is 11.5 Å². The SMILES string of the molecule is CCOc1cc(CC(C(=O)O)c2cc(C)ccc2C)ccc1O. The van der Waals surface area contributed by atoms with E-state index in [1.165, 1.54) is 0 Å². The molecule has 0 amide bonds. The zero-order valence-electron chi connectivity index (χ0n) is 13.7. The highest BCUT2D eigenvalue weighted by Gasteiger charge is 2.22. The standard InChI is InChI=1S/C19H22O4/c1-4-23-18-11-14(7-8-17(18)20)10-16(19(21)22)15-9-12(2)5-6-13(15)3/h5-9,11,16,20H,4,10H2,1-3H3,(H,21,22). The summed E-state index contributed by atoms with van der Waals surface area (Å²) in [5.41, 5.74) is 3.65. The fourth-order valence-corrected chi connectivity index (χ4v) is 2.66. The number of phenols is 1. The molecule has 0 bridgehead atoms. The van der Waals surface area contributed by atoms with E-state index in [2.05, 4.69) is 0 Å². The first kappa shape index (κ1) is 16.9. The number of phenolic OH excluding ortho intramolecular Hbond substituents is 1. The number of benzene rings is 2. The van der Waals surface area contributed by atoms with E-state index >= 15 is 0 Å². The second kappa shape index (κ2) is 7.18. The smallest absolute Gasteiger partial charge is 0.311 e. The normalized spacial score (nSPS) is 12.0. The van der Waals surface area contributed by atoms with Crippen LogP contribution in [0.15, 0.2) is 36.4 Å². The van der Waals surface area contributed by atoms with Crippen molar-refractivity contribution < 1.29 is 19.7 Å². The summed E-state index contributed by atoms with van der Waals surface area (Å²) in [5.74, 6) is -1.04. The molecule has 2 aromatic carbocycles. The van der Waals surface area contributed by atoms with E-state index < -0.39 is 11.9 Å². The van der Waals surface area contributed by atoms with Crippen LogP contribution in [-0.2, 0) is 11.2 Å². The lowest BCUT2D eigenvalue weighted by Crippen LogP contribution is -2.16. The first-order valence-corrected chi connectivity index (χ1v) is 7.67. The van der Waals surface area contributed by atoms with E-state index in [1.807, 2.05) is 39.0 Å². The summed E-state index contributed by atoms with van der Waals surface area (Å²) in [6, 6.07) is 10.8. The Morgan fingerprint density at radius 3 is 2.57 bits per heavy atom. The monoisotopic (exact) mass is 314 g/mol. The molecule has 2 rings (SSSR count). The molecule has 0 aliphatic rings. The van der Waals surface area contributed by atoms with Gasteiger partial charge in [-0.05, 0) is 56.0 Å². The number of aromatic hydroxyl groups is 1. The molecule has 0 aromatic heterocycles. The highest BCUT2D eigenvalue weighted by molar-refractivity contribution is 5.77. The number of carboxylic acids is 1. The Morgan fingerprint density at radius 2 is 1.91 bits per heavy atom. The maximum atomic E-state index is 11.8. The van der Waals surface area contributed by atoms with Crippen LogP contribution in [0.2, 0.25) is 0 Å². The van der Waals surface area contributed by atoms with Gasteiger partial charge in [0.05, 0.1) is 12.5 Å². The molecule has 4 heteroatoms. The van der Waals surface area contributed by atoms with Crippen molar-refractivity contribution in [2.45, 2.75) is 33.1 Å². The minimum Gasteiger partial charge on any atom is -0.504 e. The fraction of sp³-hybridized carbons (Fsp3) is 0.316. The lowest BCUT2D eigenvalue weighted by atomic mass is 9.88. The van der Waals surface area contributed by atoms with Crippen LogP contribution < -0.4 is 4.74 Å². The fourth-order valence-electron chi connectivity index (χ4n) is 2.66. The Labute approximate surface area is 136 Å². The van der Waals surface area contributed by atoms with E-state index in [-0.39, 0.29) is 5.75 Å². The Hall–Kier alpha value is -2.49. The maximum absolute atomic E-state index is 11.8. The van der Waals surface area contributed by atoms with Crippen molar-refractivity contribution in [2.75, 3.05) is 6.61 Å². The highest BCUT2D eigenvalue weighted by atomic mass is 16.5. The van der Waals surface area contributed by atoms with Gasteiger partial charge in [-0.1, -0.05) is 29.8 Å². The Bertz CT molecular complexity index is 707. The first-order valence-electron chi connectivity index (χ1n) is 7.67.